The van der Waals surface area contributed by atoms with Crippen molar-refractivity contribution in [1.82, 2.24) is 9.97 Å². The van der Waals surface area contributed by atoms with Gasteiger partial charge in [-0.25, -0.2) is 9.37 Å². The molecule has 0 aliphatic heterocycles. The predicted molar refractivity (Wildman–Crippen MR) is 46.2 cm³/mol. The number of rotatable bonds is 1. The number of fused-ring (bicyclic) bond motifs is 1. The highest BCUT2D eigenvalue weighted by Crippen LogP contribution is 2.18. The number of halogens is 1. The van der Waals surface area contributed by atoms with Gasteiger partial charge in [-0.15, -0.1) is 0 Å². The van der Waals surface area contributed by atoms with Gasteiger partial charge in [0.1, 0.15) is 11.5 Å². The lowest BCUT2D eigenvalue weighted by Gasteiger charge is -1.93. The topological polar surface area (TPSA) is 45.8 Å². The standard InChI is InChI=1S/C9H7FN2O/c1-5-2-7-8(10)6(4-13)3-11-9(7)12-5/h2-4H,1H3,(H,11,12). The number of aromatic nitrogens is 2. The smallest absolute Gasteiger partial charge is 0.154 e. The van der Waals surface area contributed by atoms with Gasteiger partial charge in [0.2, 0.25) is 0 Å². The molecule has 3 nitrogen and oxygen atoms in total. The lowest BCUT2D eigenvalue weighted by atomic mass is 10.2. The van der Waals surface area contributed by atoms with Crippen LogP contribution in [0.2, 0.25) is 0 Å². The molecule has 0 spiro atoms. The Balaban J connectivity index is 2.85. The third-order valence-corrected chi connectivity index (χ3v) is 1.88. The van der Waals surface area contributed by atoms with Gasteiger partial charge >= 0.3 is 0 Å². The molecule has 0 bridgehead atoms. The number of carbonyl (C=O) groups excluding carboxylic acids is 1. The van der Waals surface area contributed by atoms with Gasteiger partial charge < -0.3 is 4.98 Å². The van der Waals surface area contributed by atoms with E-state index in [1.807, 2.05) is 6.92 Å². The normalized spacial score (nSPS) is 10.6. The first kappa shape index (κ1) is 7.91. The summed E-state index contributed by atoms with van der Waals surface area (Å²) in [5.41, 5.74) is 1.29. The molecule has 2 rings (SSSR count). The van der Waals surface area contributed by atoms with Crippen LogP contribution in [-0.4, -0.2) is 16.3 Å². The van der Waals surface area contributed by atoms with Crippen molar-refractivity contribution in [3.05, 3.63) is 29.3 Å². The second kappa shape index (κ2) is 2.65. The van der Waals surface area contributed by atoms with Crippen LogP contribution in [0.4, 0.5) is 4.39 Å². The van der Waals surface area contributed by atoms with Crippen LogP contribution in [0.5, 0.6) is 0 Å². The van der Waals surface area contributed by atoms with E-state index in [0.29, 0.717) is 17.3 Å². The van der Waals surface area contributed by atoms with E-state index in [-0.39, 0.29) is 5.56 Å². The highest BCUT2D eigenvalue weighted by Gasteiger charge is 2.09. The van der Waals surface area contributed by atoms with Gasteiger partial charge in [-0.1, -0.05) is 0 Å². The zero-order valence-corrected chi connectivity index (χ0v) is 6.97. The van der Waals surface area contributed by atoms with Crippen molar-refractivity contribution in [3.8, 4) is 0 Å². The Morgan fingerprint density at radius 2 is 2.38 bits per heavy atom. The molecule has 0 aliphatic rings. The largest absolute Gasteiger partial charge is 0.343 e. The minimum atomic E-state index is -0.510. The van der Waals surface area contributed by atoms with Crippen LogP contribution < -0.4 is 0 Å². The van der Waals surface area contributed by atoms with Crippen molar-refractivity contribution in [1.29, 1.82) is 0 Å². The summed E-state index contributed by atoms with van der Waals surface area (Å²) in [6, 6.07) is 1.63. The number of H-pyrrole nitrogens is 1. The molecule has 2 aromatic rings. The number of aryl methyl sites for hydroxylation is 1. The quantitative estimate of drug-likeness (QED) is 0.677. The molecular weight excluding hydrogens is 171 g/mol. The summed E-state index contributed by atoms with van der Waals surface area (Å²) in [6.45, 7) is 1.81. The second-order valence-corrected chi connectivity index (χ2v) is 2.86. The summed E-state index contributed by atoms with van der Waals surface area (Å²) in [6.07, 6.45) is 1.69. The third kappa shape index (κ3) is 1.11. The Kier molecular flexibility index (Phi) is 1.62. The van der Waals surface area contributed by atoms with Crippen LogP contribution in [0, 0.1) is 12.7 Å². The monoisotopic (exact) mass is 178 g/mol. The van der Waals surface area contributed by atoms with E-state index < -0.39 is 5.82 Å². The van der Waals surface area contributed by atoms with Crippen LogP contribution in [0.25, 0.3) is 11.0 Å². The fourth-order valence-corrected chi connectivity index (χ4v) is 1.27. The Morgan fingerprint density at radius 1 is 1.62 bits per heavy atom. The molecule has 0 fully saturated rings. The summed E-state index contributed by atoms with van der Waals surface area (Å²) in [5, 5.41) is 0.363. The van der Waals surface area contributed by atoms with Crippen LogP contribution in [0.15, 0.2) is 12.3 Å². The van der Waals surface area contributed by atoms with Gasteiger partial charge in [0.15, 0.2) is 6.29 Å². The molecule has 0 amide bonds. The van der Waals surface area contributed by atoms with Crippen molar-refractivity contribution >= 4 is 17.3 Å². The van der Waals surface area contributed by atoms with Crippen LogP contribution in [-0.2, 0) is 0 Å². The summed E-state index contributed by atoms with van der Waals surface area (Å²) < 4.78 is 13.4. The molecule has 0 atom stereocenters. The number of carbonyl (C=O) groups is 1. The van der Waals surface area contributed by atoms with Crippen molar-refractivity contribution in [2.24, 2.45) is 0 Å². The van der Waals surface area contributed by atoms with E-state index in [1.165, 1.54) is 6.20 Å². The van der Waals surface area contributed by atoms with Crippen molar-refractivity contribution in [3.63, 3.8) is 0 Å². The molecule has 0 radical (unpaired) electrons. The number of hydrogen-bond acceptors (Lipinski definition) is 2. The minimum absolute atomic E-state index is 0.00787. The van der Waals surface area contributed by atoms with Gasteiger partial charge in [-0.05, 0) is 13.0 Å². The lowest BCUT2D eigenvalue weighted by Crippen LogP contribution is -1.90. The zero-order chi connectivity index (χ0) is 9.42. The molecule has 0 aromatic carbocycles. The molecule has 0 aliphatic carbocycles. The molecule has 0 unspecified atom stereocenters. The number of aldehydes is 1. The molecule has 66 valence electrons. The zero-order valence-electron chi connectivity index (χ0n) is 6.97. The first-order valence-corrected chi connectivity index (χ1v) is 3.81. The SMILES string of the molecule is Cc1cc2c(F)c(C=O)cnc2[nH]1. The lowest BCUT2D eigenvalue weighted by molar-refractivity contribution is 0.112. The van der Waals surface area contributed by atoms with E-state index >= 15 is 0 Å². The summed E-state index contributed by atoms with van der Waals surface area (Å²) in [5.74, 6) is -0.510. The fourth-order valence-electron chi connectivity index (χ4n) is 1.27. The van der Waals surface area contributed by atoms with E-state index in [9.17, 15) is 9.18 Å². The van der Waals surface area contributed by atoms with Crippen LogP contribution in [0.1, 0.15) is 16.1 Å². The first-order chi connectivity index (χ1) is 6.22. The average Bonchev–Trinajstić information content (AvgIpc) is 2.47. The number of pyridine rings is 1. The van der Waals surface area contributed by atoms with Crippen molar-refractivity contribution < 1.29 is 9.18 Å². The number of hydrogen-bond donors (Lipinski definition) is 1. The van der Waals surface area contributed by atoms with E-state index in [2.05, 4.69) is 9.97 Å². The maximum absolute atomic E-state index is 13.4. The molecular formula is C9H7FN2O. The number of nitrogens with zero attached hydrogens (tertiary/aromatic N) is 1. The molecule has 13 heavy (non-hydrogen) atoms. The molecule has 0 saturated heterocycles. The van der Waals surface area contributed by atoms with Gasteiger partial charge in [-0.2, -0.15) is 0 Å². The molecule has 4 heteroatoms. The average molecular weight is 178 g/mol. The fraction of sp³-hybridized carbons (Fsp3) is 0.111. The van der Waals surface area contributed by atoms with E-state index in [4.69, 9.17) is 0 Å². The van der Waals surface area contributed by atoms with Gasteiger partial charge in [0, 0.05) is 11.9 Å². The third-order valence-electron chi connectivity index (χ3n) is 1.88. The first-order valence-electron chi connectivity index (χ1n) is 3.81. The number of nitrogens with one attached hydrogen (secondary N) is 1. The van der Waals surface area contributed by atoms with E-state index in [0.717, 1.165) is 5.69 Å². The molecule has 0 saturated carbocycles. The maximum Gasteiger partial charge on any atom is 0.154 e. The van der Waals surface area contributed by atoms with Gasteiger partial charge in [0.05, 0.1) is 10.9 Å². The Morgan fingerprint density at radius 3 is 3.08 bits per heavy atom. The van der Waals surface area contributed by atoms with Gasteiger partial charge in [0.25, 0.3) is 0 Å². The Bertz CT molecular complexity index is 476. The van der Waals surface area contributed by atoms with Gasteiger partial charge in [-0.3, -0.25) is 4.79 Å². The maximum atomic E-state index is 13.4. The van der Waals surface area contributed by atoms with Crippen LogP contribution in [0.3, 0.4) is 0 Å². The highest BCUT2D eigenvalue weighted by molar-refractivity contribution is 5.85. The second-order valence-electron chi connectivity index (χ2n) is 2.86. The molecule has 1 N–H and O–H groups in total. The summed E-state index contributed by atoms with van der Waals surface area (Å²) >= 11 is 0. The van der Waals surface area contributed by atoms with Crippen LogP contribution >= 0.6 is 0 Å². The van der Waals surface area contributed by atoms with Crippen molar-refractivity contribution in [2.75, 3.05) is 0 Å². The number of aromatic amines is 1. The Labute approximate surface area is 73.6 Å². The highest BCUT2D eigenvalue weighted by atomic mass is 19.1. The summed E-state index contributed by atoms with van der Waals surface area (Å²) in [4.78, 5) is 17.2. The molecule has 2 heterocycles. The molecule has 2 aromatic heterocycles. The van der Waals surface area contributed by atoms with E-state index in [1.54, 1.807) is 6.07 Å². The van der Waals surface area contributed by atoms with Crippen molar-refractivity contribution in [2.45, 2.75) is 6.92 Å². The predicted octanol–water partition coefficient (Wildman–Crippen LogP) is 1.82. The summed E-state index contributed by atoms with van der Waals surface area (Å²) in [7, 11) is 0. The minimum Gasteiger partial charge on any atom is -0.343 e. The Hall–Kier alpha value is -1.71.